The lowest BCUT2D eigenvalue weighted by Gasteiger charge is -2.07. The van der Waals surface area contributed by atoms with Crippen molar-refractivity contribution in [3.05, 3.63) is 15.8 Å². The number of hydrogen-bond donors (Lipinski definition) is 1. The van der Waals surface area contributed by atoms with Crippen LogP contribution in [0.15, 0.2) is 4.79 Å². The van der Waals surface area contributed by atoms with Crippen molar-refractivity contribution in [2.75, 3.05) is 19.0 Å². The highest BCUT2D eigenvalue weighted by Gasteiger charge is 2.00. The summed E-state index contributed by atoms with van der Waals surface area (Å²) >= 11 is 5.46. The number of aromatic amines is 1. The summed E-state index contributed by atoms with van der Waals surface area (Å²) in [5.74, 6) is 0.304. The molecule has 0 saturated heterocycles. The Morgan fingerprint density at radius 1 is 1.45 bits per heavy atom. The van der Waals surface area contributed by atoms with E-state index in [2.05, 4.69) is 15.0 Å². The molecule has 1 aromatic heterocycles. The summed E-state index contributed by atoms with van der Waals surface area (Å²) in [6, 6.07) is 0. The fourth-order valence-corrected chi connectivity index (χ4v) is 0.704. The molecule has 6 heteroatoms. The molecule has 60 valence electrons. The molecule has 0 radical (unpaired) electrons. The maximum Gasteiger partial charge on any atom is 0.350 e. The van der Waals surface area contributed by atoms with Gasteiger partial charge in [-0.25, -0.2) is 4.79 Å². The SMILES string of the molecule is CN(C)c1nc(Cl)[nH]c(=O)n1. The molecule has 1 aromatic rings. The maximum absolute atomic E-state index is 10.7. The van der Waals surface area contributed by atoms with Crippen molar-refractivity contribution in [3.8, 4) is 0 Å². The number of H-pyrrole nitrogens is 1. The van der Waals surface area contributed by atoms with Crippen molar-refractivity contribution in [2.24, 2.45) is 0 Å². The second-order valence-corrected chi connectivity index (χ2v) is 2.50. The van der Waals surface area contributed by atoms with E-state index in [1.54, 1.807) is 19.0 Å². The highest BCUT2D eigenvalue weighted by Crippen LogP contribution is 2.01. The third kappa shape index (κ3) is 1.91. The fourth-order valence-electron chi connectivity index (χ4n) is 0.548. The number of nitrogens with zero attached hydrogens (tertiary/aromatic N) is 3. The molecule has 1 rings (SSSR count). The lowest BCUT2D eigenvalue weighted by molar-refractivity contribution is 0.922. The van der Waals surface area contributed by atoms with Crippen LogP contribution in [0.2, 0.25) is 5.28 Å². The molecule has 0 aromatic carbocycles. The zero-order valence-electron chi connectivity index (χ0n) is 6.13. The summed E-state index contributed by atoms with van der Waals surface area (Å²) in [7, 11) is 3.45. The molecule has 0 saturated carbocycles. The van der Waals surface area contributed by atoms with Crippen molar-refractivity contribution in [3.63, 3.8) is 0 Å². The number of rotatable bonds is 1. The van der Waals surface area contributed by atoms with Crippen LogP contribution in [0.4, 0.5) is 5.95 Å². The average Bonchev–Trinajstić information content (AvgIpc) is 1.85. The Balaban J connectivity index is 3.19. The third-order valence-corrected chi connectivity index (χ3v) is 1.19. The molecule has 1 heterocycles. The van der Waals surface area contributed by atoms with E-state index in [4.69, 9.17) is 11.6 Å². The molecule has 1 N–H and O–H groups in total. The number of aromatic nitrogens is 3. The molecule has 0 fully saturated rings. The minimum atomic E-state index is -0.492. The molecule has 0 aliphatic rings. The molecule has 0 aliphatic carbocycles. The normalized spacial score (nSPS) is 9.73. The molecular weight excluding hydrogens is 168 g/mol. The zero-order chi connectivity index (χ0) is 8.43. The van der Waals surface area contributed by atoms with Gasteiger partial charge in [-0.1, -0.05) is 0 Å². The first kappa shape index (κ1) is 8.00. The minimum Gasteiger partial charge on any atom is -0.347 e. The van der Waals surface area contributed by atoms with Crippen LogP contribution in [0, 0.1) is 0 Å². The Morgan fingerprint density at radius 2 is 2.09 bits per heavy atom. The second-order valence-electron chi connectivity index (χ2n) is 2.14. The van der Waals surface area contributed by atoms with Crippen LogP contribution in [0.25, 0.3) is 0 Å². The highest BCUT2D eigenvalue weighted by atomic mass is 35.5. The van der Waals surface area contributed by atoms with E-state index < -0.39 is 5.69 Å². The van der Waals surface area contributed by atoms with Crippen molar-refractivity contribution in [2.45, 2.75) is 0 Å². The molecule has 0 aliphatic heterocycles. The predicted molar refractivity (Wildman–Crippen MR) is 42.0 cm³/mol. The van der Waals surface area contributed by atoms with Crippen LogP contribution < -0.4 is 10.6 Å². The van der Waals surface area contributed by atoms with Crippen molar-refractivity contribution in [1.82, 2.24) is 15.0 Å². The van der Waals surface area contributed by atoms with Gasteiger partial charge in [0.25, 0.3) is 0 Å². The van der Waals surface area contributed by atoms with E-state index in [0.717, 1.165) is 0 Å². The van der Waals surface area contributed by atoms with Crippen molar-refractivity contribution in [1.29, 1.82) is 0 Å². The molecule has 0 atom stereocenters. The summed E-state index contributed by atoms with van der Waals surface area (Å²) in [5.41, 5.74) is -0.492. The summed E-state index contributed by atoms with van der Waals surface area (Å²) in [5, 5.41) is 0.0497. The molecule has 0 unspecified atom stereocenters. The molecule has 0 spiro atoms. The first-order chi connectivity index (χ1) is 5.09. The van der Waals surface area contributed by atoms with Crippen LogP contribution in [-0.2, 0) is 0 Å². The monoisotopic (exact) mass is 174 g/mol. The largest absolute Gasteiger partial charge is 0.350 e. The number of nitrogens with one attached hydrogen (secondary N) is 1. The molecular formula is C5H7ClN4O. The lowest BCUT2D eigenvalue weighted by atomic mass is 10.8. The van der Waals surface area contributed by atoms with Crippen LogP contribution in [0.1, 0.15) is 0 Å². The summed E-state index contributed by atoms with van der Waals surface area (Å²) in [6.45, 7) is 0. The topological polar surface area (TPSA) is 61.9 Å². The number of anilines is 1. The number of halogens is 1. The Bertz CT molecular complexity index is 308. The predicted octanol–water partition coefficient (Wildman–Crippen LogP) is -0.116. The fraction of sp³-hybridized carbons (Fsp3) is 0.400. The van der Waals surface area contributed by atoms with Crippen molar-refractivity contribution >= 4 is 17.5 Å². The van der Waals surface area contributed by atoms with Gasteiger partial charge in [0.1, 0.15) is 0 Å². The smallest absolute Gasteiger partial charge is 0.347 e. The first-order valence-corrected chi connectivity index (χ1v) is 3.28. The van der Waals surface area contributed by atoms with Gasteiger partial charge in [-0.3, -0.25) is 4.98 Å². The second kappa shape index (κ2) is 2.87. The van der Waals surface area contributed by atoms with E-state index in [1.807, 2.05) is 0 Å². The van der Waals surface area contributed by atoms with Gasteiger partial charge in [0.15, 0.2) is 0 Å². The van der Waals surface area contributed by atoms with E-state index >= 15 is 0 Å². The third-order valence-electron chi connectivity index (χ3n) is 1.01. The summed E-state index contributed by atoms with van der Waals surface area (Å²) in [4.78, 5) is 21.8. The Kier molecular flexibility index (Phi) is 2.09. The number of hydrogen-bond acceptors (Lipinski definition) is 4. The maximum atomic E-state index is 10.7. The average molecular weight is 175 g/mol. The molecule has 11 heavy (non-hydrogen) atoms. The summed E-state index contributed by atoms with van der Waals surface area (Å²) in [6.07, 6.45) is 0. The highest BCUT2D eigenvalue weighted by molar-refractivity contribution is 6.28. The Labute approximate surface area is 68.0 Å². The van der Waals surface area contributed by atoms with E-state index in [1.165, 1.54) is 0 Å². The molecule has 0 amide bonds. The van der Waals surface area contributed by atoms with Gasteiger partial charge in [0.2, 0.25) is 11.2 Å². The van der Waals surface area contributed by atoms with E-state index in [0.29, 0.717) is 5.95 Å². The van der Waals surface area contributed by atoms with Gasteiger partial charge in [-0.05, 0) is 11.6 Å². The first-order valence-electron chi connectivity index (χ1n) is 2.91. The van der Waals surface area contributed by atoms with Gasteiger partial charge in [-0.15, -0.1) is 0 Å². The Morgan fingerprint density at radius 3 is 2.55 bits per heavy atom. The minimum absolute atomic E-state index is 0.0497. The zero-order valence-corrected chi connectivity index (χ0v) is 6.88. The van der Waals surface area contributed by atoms with Gasteiger partial charge in [0.05, 0.1) is 0 Å². The van der Waals surface area contributed by atoms with Gasteiger partial charge in [-0.2, -0.15) is 9.97 Å². The lowest BCUT2D eigenvalue weighted by Crippen LogP contribution is -2.20. The summed E-state index contributed by atoms with van der Waals surface area (Å²) < 4.78 is 0. The standard InChI is InChI=1S/C5H7ClN4O/c1-10(2)4-7-3(6)8-5(11)9-4/h1-2H3,(H,7,8,9,11). The van der Waals surface area contributed by atoms with Gasteiger partial charge >= 0.3 is 5.69 Å². The van der Waals surface area contributed by atoms with Gasteiger partial charge in [0, 0.05) is 14.1 Å². The van der Waals surface area contributed by atoms with Crippen LogP contribution >= 0.6 is 11.6 Å². The van der Waals surface area contributed by atoms with Crippen LogP contribution in [0.3, 0.4) is 0 Å². The van der Waals surface area contributed by atoms with Crippen molar-refractivity contribution < 1.29 is 0 Å². The van der Waals surface area contributed by atoms with E-state index in [9.17, 15) is 4.79 Å². The van der Waals surface area contributed by atoms with Gasteiger partial charge < -0.3 is 4.90 Å². The van der Waals surface area contributed by atoms with E-state index in [-0.39, 0.29) is 5.28 Å². The molecule has 5 nitrogen and oxygen atoms in total. The molecule has 0 bridgehead atoms. The quantitative estimate of drug-likeness (QED) is 0.645. The Hall–Kier alpha value is -1.10. The van der Waals surface area contributed by atoms with Crippen LogP contribution in [-0.4, -0.2) is 29.0 Å². The van der Waals surface area contributed by atoms with Crippen LogP contribution in [0.5, 0.6) is 0 Å².